The van der Waals surface area contributed by atoms with E-state index in [-0.39, 0.29) is 17.4 Å². The van der Waals surface area contributed by atoms with Crippen molar-refractivity contribution in [2.45, 2.75) is 31.8 Å². The number of rotatable bonds is 5. The lowest BCUT2D eigenvalue weighted by atomic mass is 10.0. The van der Waals surface area contributed by atoms with E-state index in [1.807, 2.05) is 41.0 Å². The summed E-state index contributed by atoms with van der Waals surface area (Å²) in [5, 5.41) is 0.629. The maximum absolute atomic E-state index is 12.4. The second kappa shape index (κ2) is 7.81. The number of hydrogen-bond acceptors (Lipinski definition) is 3. The molecule has 0 saturated carbocycles. The van der Waals surface area contributed by atoms with Gasteiger partial charge in [0, 0.05) is 30.7 Å². The van der Waals surface area contributed by atoms with Crippen molar-refractivity contribution in [3.05, 3.63) is 68.5 Å². The summed E-state index contributed by atoms with van der Waals surface area (Å²) >= 11 is 6.10. The Labute approximate surface area is 177 Å². The van der Waals surface area contributed by atoms with Gasteiger partial charge in [0.05, 0.1) is 22.1 Å². The lowest BCUT2D eigenvalue weighted by molar-refractivity contribution is 0.183. The van der Waals surface area contributed by atoms with Crippen LogP contribution >= 0.6 is 11.6 Å². The van der Waals surface area contributed by atoms with Crippen LogP contribution < -0.4 is 11.4 Å². The fourth-order valence-electron chi connectivity index (χ4n) is 4.64. The normalized spacial score (nSPS) is 16.0. The van der Waals surface area contributed by atoms with E-state index in [1.54, 1.807) is 10.6 Å². The zero-order valence-corrected chi connectivity index (χ0v) is 17.4. The average molecular weight is 426 g/mol. The molecule has 8 heteroatoms. The Morgan fingerprint density at radius 3 is 2.47 bits per heavy atom. The lowest BCUT2D eigenvalue weighted by Crippen LogP contribution is -2.37. The molecule has 1 saturated heterocycles. The van der Waals surface area contributed by atoms with E-state index in [4.69, 9.17) is 11.6 Å². The van der Waals surface area contributed by atoms with E-state index in [0.29, 0.717) is 11.6 Å². The molecular weight excluding hydrogens is 402 g/mol. The molecule has 0 spiro atoms. The van der Waals surface area contributed by atoms with E-state index in [2.05, 4.69) is 14.9 Å². The van der Waals surface area contributed by atoms with Gasteiger partial charge in [-0.05, 0) is 56.1 Å². The van der Waals surface area contributed by atoms with Crippen LogP contribution in [0.1, 0.15) is 25.3 Å². The molecule has 0 amide bonds. The van der Waals surface area contributed by atoms with E-state index >= 15 is 0 Å². The van der Waals surface area contributed by atoms with Gasteiger partial charge in [0.2, 0.25) is 0 Å². The van der Waals surface area contributed by atoms with Crippen molar-refractivity contribution < 1.29 is 0 Å². The number of H-pyrrole nitrogens is 2. The minimum Gasteiger partial charge on any atom is -0.306 e. The van der Waals surface area contributed by atoms with Gasteiger partial charge in [0.25, 0.3) is 0 Å². The topological polar surface area (TPSA) is 78.8 Å². The highest BCUT2D eigenvalue weighted by Gasteiger charge is 2.23. The molecule has 3 heterocycles. The summed E-state index contributed by atoms with van der Waals surface area (Å²) < 4.78 is 3.68. The van der Waals surface area contributed by atoms with Crippen molar-refractivity contribution >= 4 is 33.7 Å². The van der Waals surface area contributed by atoms with E-state index < -0.39 is 0 Å². The number of aromatic nitrogens is 4. The fraction of sp³-hybridized carbons (Fsp3) is 0.364. The van der Waals surface area contributed by atoms with Crippen LogP contribution in [-0.4, -0.2) is 43.6 Å². The van der Waals surface area contributed by atoms with Gasteiger partial charge >= 0.3 is 11.4 Å². The first-order valence-corrected chi connectivity index (χ1v) is 10.8. The van der Waals surface area contributed by atoms with Crippen molar-refractivity contribution in [1.82, 2.24) is 24.0 Å². The van der Waals surface area contributed by atoms with Gasteiger partial charge in [-0.3, -0.25) is 9.13 Å². The molecule has 1 aliphatic rings. The SMILES string of the molecule is O=c1[nH]c2ccc(Cl)cc2n1CCCN1CCC(n2c(=O)[nH]c3ccccc32)CC1. The van der Waals surface area contributed by atoms with Crippen LogP contribution in [-0.2, 0) is 6.54 Å². The van der Waals surface area contributed by atoms with E-state index in [1.165, 1.54) is 0 Å². The predicted molar refractivity (Wildman–Crippen MR) is 119 cm³/mol. The van der Waals surface area contributed by atoms with Crippen molar-refractivity contribution in [2.24, 2.45) is 0 Å². The van der Waals surface area contributed by atoms with Crippen LogP contribution in [0.3, 0.4) is 0 Å². The number of imidazole rings is 2. The summed E-state index contributed by atoms with van der Waals surface area (Å²) in [6.45, 7) is 3.48. The summed E-state index contributed by atoms with van der Waals surface area (Å²) in [6, 6.07) is 13.6. The molecule has 2 N–H and O–H groups in total. The van der Waals surface area contributed by atoms with E-state index in [9.17, 15) is 9.59 Å². The fourth-order valence-corrected chi connectivity index (χ4v) is 4.80. The highest BCUT2D eigenvalue weighted by Crippen LogP contribution is 2.25. The number of hydrogen-bond donors (Lipinski definition) is 2. The summed E-state index contributed by atoms with van der Waals surface area (Å²) in [5.41, 5.74) is 3.43. The third kappa shape index (κ3) is 3.48. The molecule has 0 bridgehead atoms. The number of piperidine rings is 1. The molecule has 156 valence electrons. The van der Waals surface area contributed by atoms with Crippen LogP contribution in [0.4, 0.5) is 0 Å². The van der Waals surface area contributed by atoms with Crippen LogP contribution in [0.5, 0.6) is 0 Å². The zero-order chi connectivity index (χ0) is 20.7. The lowest BCUT2D eigenvalue weighted by Gasteiger charge is -2.32. The van der Waals surface area contributed by atoms with Crippen LogP contribution in [0.25, 0.3) is 22.1 Å². The highest BCUT2D eigenvalue weighted by molar-refractivity contribution is 6.31. The Kier molecular flexibility index (Phi) is 5.00. The third-order valence-electron chi connectivity index (χ3n) is 6.14. The monoisotopic (exact) mass is 425 g/mol. The maximum Gasteiger partial charge on any atom is 0.326 e. The zero-order valence-electron chi connectivity index (χ0n) is 16.6. The second-order valence-corrected chi connectivity index (χ2v) is 8.42. The average Bonchev–Trinajstić information content (AvgIpc) is 3.24. The number of nitrogens with one attached hydrogen (secondary N) is 2. The Morgan fingerprint density at radius 1 is 0.900 bits per heavy atom. The number of likely N-dealkylation sites (tertiary alicyclic amines) is 1. The molecule has 4 aromatic rings. The summed E-state index contributed by atoms with van der Waals surface area (Å²) in [4.78, 5) is 33.0. The van der Waals surface area contributed by atoms with Crippen LogP contribution in [0.15, 0.2) is 52.1 Å². The molecule has 2 aromatic heterocycles. The maximum atomic E-state index is 12.4. The number of para-hydroxylation sites is 2. The first-order valence-electron chi connectivity index (χ1n) is 10.4. The number of fused-ring (bicyclic) bond motifs is 2. The molecule has 5 rings (SSSR count). The van der Waals surface area contributed by atoms with Gasteiger partial charge < -0.3 is 14.9 Å². The number of nitrogens with zero attached hydrogens (tertiary/aromatic N) is 3. The minimum atomic E-state index is -0.0929. The summed E-state index contributed by atoms with van der Waals surface area (Å²) in [7, 11) is 0. The quantitative estimate of drug-likeness (QED) is 0.514. The second-order valence-electron chi connectivity index (χ2n) is 7.99. The van der Waals surface area contributed by atoms with Gasteiger partial charge in [0.1, 0.15) is 0 Å². The number of aryl methyl sites for hydroxylation is 1. The molecular formula is C22H24ClN5O2. The molecule has 1 fully saturated rings. The van der Waals surface area contributed by atoms with Gasteiger partial charge in [-0.1, -0.05) is 23.7 Å². The number of benzene rings is 2. The standard InChI is InChI=1S/C22H24ClN5O2/c23-15-6-7-18-20(14-15)27(21(29)24-18)11-3-10-26-12-8-16(9-13-26)28-19-5-2-1-4-17(19)25-22(28)30/h1-2,4-7,14,16H,3,8-13H2,(H,24,29)(H,25,30). The minimum absolute atomic E-state index is 0.0213. The predicted octanol–water partition coefficient (Wildman–Crippen LogP) is 3.35. The summed E-state index contributed by atoms with van der Waals surface area (Å²) in [6.07, 6.45) is 2.78. The first kappa shape index (κ1) is 19.2. The Balaban J connectivity index is 1.21. The van der Waals surface area contributed by atoms with Gasteiger partial charge in [-0.15, -0.1) is 0 Å². The Bertz CT molecular complexity index is 1310. The van der Waals surface area contributed by atoms with Gasteiger partial charge in [-0.2, -0.15) is 0 Å². The van der Waals surface area contributed by atoms with Crippen LogP contribution in [0, 0.1) is 0 Å². The summed E-state index contributed by atoms with van der Waals surface area (Å²) in [5.74, 6) is 0. The van der Waals surface area contributed by atoms with Crippen molar-refractivity contribution in [1.29, 1.82) is 0 Å². The number of halogens is 1. The van der Waals surface area contributed by atoms with Crippen molar-refractivity contribution in [3.8, 4) is 0 Å². The molecule has 7 nitrogen and oxygen atoms in total. The molecule has 0 unspecified atom stereocenters. The van der Waals surface area contributed by atoms with E-state index in [0.717, 1.165) is 61.0 Å². The molecule has 0 atom stereocenters. The van der Waals surface area contributed by atoms with Gasteiger partial charge in [-0.25, -0.2) is 9.59 Å². The Morgan fingerprint density at radius 2 is 1.63 bits per heavy atom. The largest absolute Gasteiger partial charge is 0.326 e. The molecule has 30 heavy (non-hydrogen) atoms. The first-order chi connectivity index (χ1) is 14.6. The smallest absolute Gasteiger partial charge is 0.306 e. The molecule has 0 radical (unpaired) electrons. The van der Waals surface area contributed by atoms with Gasteiger partial charge in [0.15, 0.2) is 0 Å². The van der Waals surface area contributed by atoms with Crippen molar-refractivity contribution in [2.75, 3.05) is 19.6 Å². The molecule has 1 aliphatic heterocycles. The van der Waals surface area contributed by atoms with Crippen molar-refractivity contribution in [3.63, 3.8) is 0 Å². The van der Waals surface area contributed by atoms with Crippen LogP contribution in [0.2, 0.25) is 5.02 Å². The molecule has 0 aliphatic carbocycles. The third-order valence-corrected chi connectivity index (χ3v) is 6.37. The molecule has 2 aromatic carbocycles. The Hall–Kier alpha value is -2.77. The highest BCUT2D eigenvalue weighted by atomic mass is 35.5. The number of aromatic amines is 2.